The zero-order valence-corrected chi connectivity index (χ0v) is 20.0. The van der Waals surface area contributed by atoms with Crippen LogP contribution in [0, 0.1) is 6.92 Å². The molecule has 4 aromatic rings. The number of rotatable bonds is 6. The van der Waals surface area contributed by atoms with E-state index in [1.54, 1.807) is 48.4 Å². The second kappa shape index (κ2) is 8.79. The van der Waals surface area contributed by atoms with E-state index in [2.05, 4.69) is 9.71 Å². The topological polar surface area (TPSA) is 99.6 Å². The lowest BCUT2D eigenvalue weighted by Crippen LogP contribution is -2.64. The number of carbonyl (C=O) groups is 1. The van der Waals surface area contributed by atoms with Gasteiger partial charge in [0.25, 0.3) is 15.9 Å². The molecule has 0 saturated carbocycles. The summed E-state index contributed by atoms with van der Waals surface area (Å²) < 4.78 is 28.9. The van der Waals surface area contributed by atoms with E-state index >= 15 is 0 Å². The molecule has 2 N–H and O–H groups in total. The van der Waals surface area contributed by atoms with E-state index in [0.717, 1.165) is 10.9 Å². The molecule has 1 aromatic heterocycles. The summed E-state index contributed by atoms with van der Waals surface area (Å²) in [6, 6.07) is 23.1. The minimum atomic E-state index is -3.89. The van der Waals surface area contributed by atoms with Gasteiger partial charge in [-0.1, -0.05) is 48.5 Å². The van der Waals surface area contributed by atoms with Crippen LogP contribution in [0.15, 0.2) is 90.0 Å². The standard InChI is InChI=1S/C27H25N3O4S/c1-19-15-22(26(31)30-17-27(32,18-30)16-20-7-3-2-4-8-20)12-13-23(19)29-35(33,34)24-11-5-9-21-10-6-14-28-25(21)24/h2-15,29,32H,16-18H2,1H3. The second-order valence-electron chi connectivity index (χ2n) is 9.01. The van der Waals surface area contributed by atoms with Gasteiger partial charge in [0, 0.05) is 23.6 Å². The number of aryl methyl sites for hydroxylation is 1. The highest BCUT2D eigenvalue weighted by atomic mass is 32.2. The van der Waals surface area contributed by atoms with Crippen LogP contribution in [0.3, 0.4) is 0 Å². The Balaban J connectivity index is 1.30. The van der Waals surface area contributed by atoms with Crippen LogP contribution in [-0.4, -0.2) is 48.0 Å². The Morgan fingerprint density at radius 3 is 2.51 bits per heavy atom. The van der Waals surface area contributed by atoms with Gasteiger partial charge in [-0.05, 0) is 48.4 Å². The molecule has 0 radical (unpaired) electrons. The number of hydrogen-bond donors (Lipinski definition) is 2. The maximum Gasteiger partial charge on any atom is 0.264 e. The minimum absolute atomic E-state index is 0.0911. The molecule has 1 aliphatic heterocycles. The van der Waals surface area contributed by atoms with Crippen LogP contribution in [0.5, 0.6) is 0 Å². The summed E-state index contributed by atoms with van der Waals surface area (Å²) in [5.74, 6) is -0.196. The highest BCUT2D eigenvalue weighted by Gasteiger charge is 2.43. The van der Waals surface area contributed by atoms with Crippen molar-refractivity contribution < 1.29 is 18.3 Å². The number of sulfonamides is 1. The average Bonchev–Trinajstić information content (AvgIpc) is 2.83. The fourth-order valence-corrected chi connectivity index (χ4v) is 5.79. The lowest BCUT2D eigenvalue weighted by atomic mass is 9.86. The largest absolute Gasteiger partial charge is 0.386 e. The number of hydrogen-bond acceptors (Lipinski definition) is 5. The first-order valence-electron chi connectivity index (χ1n) is 11.3. The van der Waals surface area contributed by atoms with Gasteiger partial charge in [-0.15, -0.1) is 0 Å². The quantitative estimate of drug-likeness (QED) is 0.431. The summed E-state index contributed by atoms with van der Waals surface area (Å²) in [6.45, 7) is 2.25. The number of benzene rings is 3. The molecule has 3 aromatic carbocycles. The summed E-state index contributed by atoms with van der Waals surface area (Å²) in [7, 11) is -3.89. The molecule has 1 fully saturated rings. The van der Waals surface area contributed by atoms with Crippen molar-refractivity contribution in [2.45, 2.75) is 23.8 Å². The third kappa shape index (κ3) is 4.62. The molecule has 1 saturated heterocycles. The van der Waals surface area contributed by atoms with Crippen LogP contribution in [-0.2, 0) is 16.4 Å². The van der Waals surface area contributed by atoms with Crippen molar-refractivity contribution in [3.8, 4) is 0 Å². The molecular formula is C27H25N3O4S. The van der Waals surface area contributed by atoms with E-state index in [9.17, 15) is 18.3 Å². The SMILES string of the molecule is Cc1cc(C(=O)N2CC(O)(Cc3ccccc3)C2)ccc1NS(=O)(=O)c1cccc2cccnc12. The highest BCUT2D eigenvalue weighted by molar-refractivity contribution is 7.93. The van der Waals surface area contributed by atoms with Gasteiger partial charge < -0.3 is 10.0 Å². The smallest absolute Gasteiger partial charge is 0.264 e. The molecule has 2 heterocycles. The first-order chi connectivity index (χ1) is 16.7. The number of amides is 1. The third-order valence-corrected chi connectivity index (χ3v) is 7.63. The first kappa shape index (κ1) is 23.0. The molecule has 8 heteroatoms. The minimum Gasteiger partial charge on any atom is -0.386 e. The summed E-state index contributed by atoms with van der Waals surface area (Å²) in [5.41, 5.74) is 1.93. The number of nitrogens with zero attached hydrogens (tertiary/aromatic N) is 2. The Labute approximate surface area is 204 Å². The molecule has 0 bridgehead atoms. The maximum absolute atomic E-state index is 13.1. The van der Waals surface area contributed by atoms with Crippen molar-refractivity contribution in [2.75, 3.05) is 17.8 Å². The predicted octanol–water partition coefficient (Wildman–Crippen LogP) is 3.77. The number of pyridine rings is 1. The molecule has 0 spiro atoms. The Morgan fingerprint density at radius 2 is 1.77 bits per heavy atom. The Morgan fingerprint density at radius 1 is 1.03 bits per heavy atom. The van der Waals surface area contributed by atoms with E-state index in [1.165, 1.54) is 6.07 Å². The monoisotopic (exact) mass is 487 g/mol. The van der Waals surface area contributed by atoms with Crippen molar-refractivity contribution in [3.63, 3.8) is 0 Å². The molecule has 5 rings (SSSR count). The van der Waals surface area contributed by atoms with Gasteiger partial charge in [-0.25, -0.2) is 8.42 Å². The summed E-state index contributed by atoms with van der Waals surface area (Å²) >= 11 is 0. The molecule has 178 valence electrons. The Kier molecular flexibility index (Phi) is 5.78. The van der Waals surface area contributed by atoms with Crippen LogP contribution < -0.4 is 4.72 Å². The lowest BCUT2D eigenvalue weighted by Gasteiger charge is -2.46. The van der Waals surface area contributed by atoms with Crippen LogP contribution in [0.2, 0.25) is 0 Å². The van der Waals surface area contributed by atoms with E-state index < -0.39 is 15.6 Å². The average molecular weight is 488 g/mol. The number of anilines is 1. The number of para-hydroxylation sites is 1. The Hall–Kier alpha value is -3.75. The van der Waals surface area contributed by atoms with E-state index in [-0.39, 0.29) is 23.9 Å². The number of nitrogens with one attached hydrogen (secondary N) is 1. The number of fused-ring (bicyclic) bond motifs is 1. The number of aromatic nitrogens is 1. The van der Waals surface area contributed by atoms with Crippen molar-refractivity contribution in [1.29, 1.82) is 0 Å². The highest BCUT2D eigenvalue weighted by Crippen LogP contribution is 2.29. The number of carbonyl (C=O) groups excluding carboxylic acids is 1. The fraction of sp³-hybridized carbons (Fsp3) is 0.185. The van der Waals surface area contributed by atoms with Gasteiger partial charge in [0.2, 0.25) is 0 Å². The predicted molar refractivity (Wildman–Crippen MR) is 135 cm³/mol. The van der Waals surface area contributed by atoms with Crippen LogP contribution in [0.25, 0.3) is 10.9 Å². The van der Waals surface area contributed by atoms with Crippen LogP contribution in [0.4, 0.5) is 5.69 Å². The van der Waals surface area contributed by atoms with Crippen molar-refractivity contribution >= 4 is 32.5 Å². The van der Waals surface area contributed by atoms with Crippen molar-refractivity contribution in [1.82, 2.24) is 9.88 Å². The van der Waals surface area contributed by atoms with E-state index in [1.807, 2.05) is 42.5 Å². The van der Waals surface area contributed by atoms with Crippen LogP contribution in [0.1, 0.15) is 21.5 Å². The molecule has 0 atom stereocenters. The molecule has 0 aliphatic carbocycles. The van der Waals surface area contributed by atoms with E-state index in [4.69, 9.17) is 0 Å². The van der Waals surface area contributed by atoms with Gasteiger partial charge in [-0.2, -0.15) is 0 Å². The van der Waals surface area contributed by atoms with Gasteiger partial charge in [-0.3, -0.25) is 14.5 Å². The van der Waals surface area contributed by atoms with E-state index in [0.29, 0.717) is 28.8 Å². The molecular weight excluding hydrogens is 462 g/mol. The molecule has 1 amide bonds. The first-order valence-corrected chi connectivity index (χ1v) is 12.8. The van der Waals surface area contributed by atoms with Gasteiger partial charge in [0.1, 0.15) is 10.5 Å². The van der Waals surface area contributed by atoms with Gasteiger partial charge in [0.15, 0.2) is 0 Å². The summed E-state index contributed by atoms with van der Waals surface area (Å²) in [6.07, 6.45) is 2.05. The number of likely N-dealkylation sites (tertiary alicyclic amines) is 1. The third-order valence-electron chi connectivity index (χ3n) is 6.24. The van der Waals surface area contributed by atoms with Gasteiger partial charge >= 0.3 is 0 Å². The maximum atomic E-state index is 13.1. The van der Waals surface area contributed by atoms with Crippen molar-refractivity contribution in [2.24, 2.45) is 0 Å². The normalized spacial score (nSPS) is 15.0. The summed E-state index contributed by atoms with van der Waals surface area (Å²) in [5, 5.41) is 11.5. The molecule has 0 unspecified atom stereocenters. The number of β-amino-alcohol motifs (C(OH)–C–C–N with tert-alkyl or cyclic N) is 1. The lowest BCUT2D eigenvalue weighted by molar-refractivity contribution is -0.0799. The zero-order chi connectivity index (χ0) is 24.6. The fourth-order valence-electron chi connectivity index (χ4n) is 4.48. The molecule has 1 aliphatic rings. The van der Waals surface area contributed by atoms with Crippen LogP contribution >= 0.6 is 0 Å². The Bertz CT molecular complexity index is 1510. The number of aliphatic hydroxyl groups is 1. The molecule has 7 nitrogen and oxygen atoms in total. The zero-order valence-electron chi connectivity index (χ0n) is 19.2. The summed E-state index contributed by atoms with van der Waals surface area (Å²) in [4.78, 5) is 18.9. The molecule has 35 heavy (non-hydrogen) atoms. The van der Waals surface area contributed by atoms with Gasteiger partial charge in [0.05, 0.1) is 24.3 Å². The second-order valence-corrected chi connectivity index (χ2v) is 10.7. The van der Waals surface area contributed by atoms with Crippen molar-refractivity contribution in [3.05, 3.63) is 102 Å².